The van der Waals surface area contributed by atoms with Crippen molar-refractivity contribution in [2.75, 3.05) is 5.75 Å². The van der Waals surface area contributed by atoms with E-state index in [-0.39, 0.29) is 16.1 Å². The van der Waals surface area contributed by atoms with Gasteiger partial charge >= 0.3 is 0 Å². The summed E-state index contributed by atoms with van der Waals surface area (Å²) in [6, 6.07) is 3.33. The van der Waals surface area contributed by atoms with Crippen LogP contribution >= 0.6 is 11.8 Å². The van der Waals surface area contributed by atoms with E-state index in [1.54, 1.807) is 23.9 Å². The van der Waals surface area contributed by atoms with Crippen molar-refractivity contribution in [3.8, 4) is 0 Å². The lowest BCUT2D eigenvalue weighted by Gasteiger charge is -2.21. The maximum Gasteiger partial charge on any atom is 0.295 e. The normalized spacial score (nSPS) is 21.9. The molecule has 1 aromatic rings. The SMILES string of the molecule is Cc1ccc([N+](=O)[O-])c(/N=C2/NC3(CCCC3)CS2)c1C. The summed E-state index contributed by atoms with van der Waals surface area (Å²) in [6.07, 6.45) is 4.86. The third kappa shape index (κ3) is 2.64. The third-order valence-corrected chi connectivity index (χ3v) is 5.67. The summed E-state index contributed by atoms with van der Waals surface area (Å²) in [5.41, 5.74) is 2.66. The summed E-state index contributed by atoms with van der Waals surface area (Å²) in [7, 11) is 0. The molecule has 2 aliphatic rings. The van der Waals surface area contributed by atoms with Crippen LogP contribution < -0.4 is 5.32 Å². The number of benzene rings is 1. The summed E-state index contributed by atoms with van der Waals surface area (Å²) in [4.78, 5) is 15.5. The van der Waals surface area contributed by atoms with E-state index in [0.717, 1.165) is 22.0 Å². The Balaban J connectivity index is 1.96. The number of nitrogens with one attached hydrogen (secondary N) is 1. The fourth-order valence-corrected chi connectivity index (χ4v) is 4.28. The molecule has 1 aliphatic heterocycles. The van der Waals surface area contributed by atoms with E-state index >= 15 is 0 Å². The van der Waals surface area contributed by atoms with E-state index in [2.05, 4.69) is 10.3 Å². The quantitative estimate of drug-likeness (QED) is 0.665. The Labute approximate surface area is 128 Å². The highest BCUT2D eigenvalue weighted by Gasteiger charge is 2.39. The molecule has 0 aromatic heterocycles. The van der Waals surface area contributed by atoms with Gasteiger partial charge in [0.05, 0.1) is 4.92 Å². The molecule has 21 heavy (non-hydrogen) atoms. The molecule has 1 N–H and O–H groups in total. The van der Waals surface area contributed by atoms with Gasteiger partial charge in [0.2, 0.25) is 0 Å². The Morgan fingerprint density at radius 2 is 2.05 bits per heavy atom. The van der Waals surface area contributed by atoms with Crippen molar-refractivity contribution < 1.29 is 4.92 Å². The number of aliphatic imine (C=N–C) groups is 1. The molecule has 1 aromatic carbocycles. The number of nitrogens with zero attached hydrogens (tertiary/aromatic N) is 2. The van der Waals surface area contributed by atoms with Crippen LogP contribution in [0.2, 0.25) is 0 Å². The maximum atomic E-state index is 11.2. The van der Waals surface area contributed by atoms with Gasteiger partial charge in [-0.1, -0.05) is 30.7 Å². The summed E-state index contributed by atoms with van der Waals surface area (Å²) in [5.74, 6) is 1.02. The van der Waals surface area contributed by atoms with Crippen molar-refractivity contribution in [1.29, 1.82) is 0 Å². The van der Waals surface area contributed by atoms with Gasteiger partial charge in [0.25, 0.3) is 5.69 Å². The molecule has 1 spiro atoms. The third-order valence-electron chi connectivity index (χ3n) is 4.51. The number of nitro groups is 1. The van der Waals surface area contributed by atoms with Gasteiger partial charge < -0.3 is 5.32 Å². The number of rotatable bonds is 2. The minimum Gasteiger partial charge on any atom is -0.358 e. The second-order valence-corrected chi connectivity index (χ2v) is 6.91. The number of aryl methyl sites for hydroxylation is 1. The Morgan fingerprint density at radius 1 is 1.33 bits per heavy atom. The molecule has 6 heteroatoms. The van der Waals surface area contributed by atoms with E-state index in [4.69, 9.17) is 0 Å². The summed E-state index contributed by atoms with van der Waals surface area (Å²) < 4.78 is 0. The van der Waals surface area contributed by atoms with Crippen LogP contribution in [-0.2, 0) is 0 Å². The van der Waals surface area contributed by atoms with Crippen molar-refractivity contribution in [2.45, 2.75) is 45.1 Å². The van der Waals surface area contributed by atoms with E-state index in [1.807, 2.05) is 13.8 Å². The topological polar surface area (TPSA) is 67.5 Å². The maximum absolute atomic E-state index is 11.2. The second-order valence-electron chi connectivity index (χ2n) is 5.95. The fraction of sp³-hybridized carbons (Fsp3) is 0.533. The highest BCUT2D eigenvalue weighted by molar-refractivity contribution is 8.14. The standard InChI is InChI=1S/C15H19N3O2S/c1-10-5-6-12(18(19)20)13(11(10)2)16-14-17-15(9-21-14)7-3-4-8-15/h5-6H,3-4,7-9H2,1-2H3,(H,16,17). The molecule has 112 valence electrons. The predicted molar refractivity (Wildman–Crippen MR) is 86.5 cm³/mol. The first-order chi connectivity index (χ1) is 10.0. The van der Waals surface area contributed by atoms with Crippen LogP contribution in [-0.4, -0.2) is 21.4 Å². The molecule has 5 nitrogen and oxygen atoms in total. The van der Waals surface area contributed by atoms with Gasteiger partial charge in [-0.2, -0.15) is 0 Å². The first-order valence-electron chi connectivity index (χ1n) is 7.25. The van der Waals surface area contributed by atoms with Crippen molar-refractivity contribution in [3.05, 3.63) is 33.4 Å². The molecule has 0 bridgehead atoms. The average Bonchev–Trinajstić information content (AvgIpc) is 3.06. The minimum atomic E-state index is -0.350. The monoisotopic (exact) mass is 305 g/mol. The highest BCUT2D eigenvalue weighted by Crippen LogP contribution is 2.40. The lowest BCUT2D eigenvalue weighted by Crippen LogP contribution is -2.40. The molecule has 1 saturated heterocycles. The molecular formula is C15H19N3O2S. The van der Waals surface area contributed by atoms with Crippen molar-refractivity contribution in [3.63, 3.8) is 0 Å². The Kier molecular flexibility index (Phi) is 3.65. The van der Waals surface area contributed by atoms with Crippen molar-refractivity contribution in [1.82, 2.24) is 5.32 Å². The lowest BCUT2D eigenvalue weighted by atomic mass is 10.0. The molecule has 0 atom stereocenters. The zero-order chi connectivity index (χ0) is 15.0. The Bertz CT molecular complexity index is 622. The summed E-state index contributed by atoms with van der Waals surface area (Å²) >= 11 is 1.68. The van der Waals surface area contributed by atoms with E-state index in [1.165, 1.54) is 25.7 Å². The Hall–Kier alpha value is -1.56. The molecule has 1 saturated carbocycles. The highest BCUT2D eigenvalue weighted by atomic mass is 32.2. The molecule has 0 unspecified atom stereocenters. The van der Waals surface area contributed by atoms with Crippen LogP contribution in [0.4, 0.5) is 11.4 Å². The van der Waals surface area contributed by atoms with Gasteiger partial charge in [-0.05, 0) is 37.8 Å². The van der Waals surface area contributed by atoms with Crippen LogP contribution in [0.25, 0.3) is 0 Å². The predicted octanol–water partition coefficient (Wildman–Crippen LogP) is 3.85. The van der Waals surface area contributed by atoms with Crippen LogP contribution in [0, 0.1) is 24.0 Å². The number of amidine groups is 1. The van der Waals surface area contributed by atoms with Gasteiger partial charge in [0.1, 0.15) is 5.69 Å². The molecule has 0 radical (unpaired) electrons. The zero-order valence-corrected chi connectivity index (χ0v) is 13.1. The van der Waals surface area contributed by atoms with Crippen LogP contribution in [0.1, 0.15) is 36.8 Å². The van der Waals surface area contributed by atoms with Gasteiger partial charge in [-0.15, -0.1) is 0 Å². The number of thioether (sulfide) groups is 1. The van der Waals surface area contributed by atoms with Gasteiger partial charge in [-0.25, -0.2) is 4.99 Å². The van der Waals surface area contributed by atoms with Crippen LogP contribution in [0.15, 0.2) is 17.1 Å². The summed E-state index contributed by atoms with van der Waals surface area (Å²) in [5, 5.41) is 15.6. The molecule has 3 rings (SSSR count). The fourth-order valence-electron chi connectivity index (χ4n) is 3.06. The first kappa shape index (κ1) is 14.4. The number of hydrogen-bond donors (Lipinski definition) is 1. The smallest absolute Gasteiger partial charge is 0.295 e. The van der Waals surface area contributed by atoms with Crippen molar-refractivity contribution >= 4 is 28.3 Å². The van der Waals surface area contributed by atoms with Gasteiger partial charge in [0, 0.05) is 17.4 Å². The second kappa shape index (κ2) is 5.33. The van der Waals surface area contributed by atoms with E-state index in [0.29, 0.717) is 5.69 Å². The molecule has 1 heterocycles. The number of nitro benzene ring substituents is 1. The largest absolute Gasteiger partial charge is 0.358 e. The van der Waals surface area contributed by atoms with E-state index < -0.39 is 0 Å². The zero-order valence-electron chi connectivity index (χ0n) is 12.3. The lowest BCUT2D eigenvalue weighted by molar-refractivity contribution is -0.384. The van der Waals surface area contributed by atoms with Gasteiger partial charge in [0.15, 0.2) is 5.17 Å². The molecular weight excluding hydrogens is 286 g/mol. The van der Waals surface area contributed by atoms with Crippen LogP contribution in [0.3, 0.4) is 0 Å². The average molecular weight is 305 g/mol. The molecule has 2 fully saturated rings. The van der Waals surface area contributed by atoms with Crippen molar-refractivity contribution in [2.24, 2.45) is 4.99 Å². The van der Waals surface area contributed by atoms with Crippen LogP contribution in [0.5, 0.6) is 0 Å². The number of hydrogen-bond acceptors (Lipinski definition) is 4. The first-order valence-corrected chi connectivity index (χ1v) is 8.24. The van der Waals surface area contributed by atoms with E-state index in [9.17, 15) is 10.1 Å². The molecule has 1 aliphatic carbocycles. The van der Waals surface area contributed by atoms with Gasteiger partial charge in [-0.3, -0.25) is 10.1 Å². The minimum absolute atomic E-state index is 0.0837. The Morgan fingerprint density at radius 3 is 2.71 bits per heavy atom. The molecule has 0 amide bonds. The summed E-state index contributed by atoms with van der Waals surface area (Å²) in [6.45, 7) is 3.85.